The van der Waals surface area contributed by atoms with Crippen LogP contribution in [0.5, 0.6) is 0 Å². The van der Waals surface area contributed by atoms with Gasteiger partial charge in [-0.15, -0.1) is 0 Å². The quantitative estimate of drug-likeness (QED) is 0.221. The number of hydroxylamine groups is 1. The lowest BCUT2D eigenvalue weighted by Gasteiger charge is -2.04. The Kier molecular flexibility index (Phi) is 8.67. The minimum atomic E-state index is 0.104. The number of hydrogen-bond acceptors (Lipinski definition) is 2. The molecule has 0 saturated carbocycles. The van der Waals surface area contributed by atoms with Crippen LogP contribution in [0.3, 0.4) is 0 Å². The molecule has 0 aliphatic rings. The lowest BCUT2D eigenvalue weighted by molar-refractivity contribution is -0.468. The molecule has 0 amide bonds. The highest BCUT2D eigenvalue weighted by Crippen LogP contribution is 2.11. The topological polar surface area (TPSA) is 38.4 Å². The first kappa shape index (κ1) is 14.6. The fraction of sp³-hybridized carbons (Fsp3) is 0.818. The molecule has 0 radical (unpaired) electrons. The maximum Gasteiger partial charge on any atom is 0.281 e. The number of nitrogens with zero attached hydrogens (tertiary/aromatic N) is 2. The smallest absolute Gasteiger partial charge is 0.281 e. The molecule has 0 aromatic rings. The Morgan fingerprint density at radius 2 is 2.13 bits per heavy atom. The molecule has 0 aromatic heterocycles. The molecule has 0 saturated heterocycles. The zero-order chi connectivity index (χ0) is 11.7. The van der Waals surface area contributed by atoms with Gasteiger partial charge in [-0.25, -0.2) is 0 Å². The fourth-order valence-electron chi connectivity index (χ4n) is 1.27. The van der Waals surface area contributed by atoms with Gasteiger partial charge in [-0.1, -0.05) is 32.6 Å². The van der Waals surface area contributed by atoms with Gasteiger partial charge in [0.1, 0.15) is 6.04 Å². The van der Waals surface area contributed by atoms with E-state index in [0.29, 0.717) is 9.47 Å². The van der Waals surface area contributed by atoms with Crippen molar-refractivity contribution in [3.63, 3.8) is 0 Å². The highest BCUT2D eigenvalue weighted by Gasteiger charge is 2.06. The van der Waals surface area contributed by atoms with Gasteiger partial charge in [-0.2, -0.15) is 0 Å². The first-order chi connectivity index (χ1) is 7.11. The molecule has 15 heavy (non-hydrogen) atoms. The molecular weight excluding hydrogens is 256 g/mol. The van der Waals surface area contributed by atoms with Crippen molar-refractivity contribution >= 4 is 15.9 Å². The van der Waals surface area contributed by atoms with Crippen LogP contribution in [0.1, 0.15) is 52.9 Å². The number of allylic oxidation sites excluding steroid dienone is 1. The summed E-state index contributed by atoms with van der Waals surface area (Å²) in [6, 6.07) is 0.104. The number of rotatable bonds is 7. The van der Waals surface area contributed by atoms with E-state index in [1.807, 2.05) is 6.92 Å². The molecule has 1 unspecified atom stereocenters. The van der Waals surface area contributed by atoms with Gasteiger partial charge >= 0.3 is 0 Å². The van der Waals surface area contributed by atoms with Gasteiger partial charge < -0.3 is 5.21 Å². The van der Waals surface area contributed by atoms with Crippen molar-refractivity contribution in [2.45, 2.75) is 58.9 Å². The standard InChI is InChI=1S/C11H21BrN2O/c1-4-6-7-8-9-10(3)13-14(15)11(12)5-2/h5,10H,4,6-9H2,1-3H3/b11-5+,14-13?. The van der Waals surface area contributed by atoms with Crippen molar-refractivity contribution in [2.24, 2.45) is 5.11 Å². The monoisotopic (exact) mass is 276 g/mol. The Morgan fingerprint density at radius 1 is 1.47 bits per heavy atom. The van der Waals surface area contributed by atoms with E-state index in [1.165, 1.54) is 19.3 Å². The molecular formula is C11H21BrN2O. The van der Waals surface area contributed by atoms with Crippen molar-refractivity contribution in [3.05, 3.63) is 15.9 Å². The van der Waals surface area contributed by atoms with E-state index in [1.54, 1.807) is 13.0 Å². The molecule has 0 aliphatic heterocycles. The van der Waals surface area contributed by atoms with Gasteiger partial charge in [0.15, 0.2) is 0 Å². The number of halogens is 1. The Balaban J connectivity index is 3.86. The Bertz CT molecular complexity index is 227. The van der Waals surface area contributed by atoms with Gasteiger partial charge in [0.05, 0.1) is 0 Å². The second kappa shape index (κ2) is 8.89. The molecule has 0 aromatic carbocycles. The Labute approximate surface area is 101 Å². The second-order valence-electron chi connectivity index (χ2n) is 3.70. The van der Waals surface area contributed by atoms with Crippen molar-refractivity contribution in [2.75, 3.05) is 0 Å². The third-order valence-electron chi connectivity index (χ3n) is 2.20. The van der Waals surface area contributed by atoms with Crippen molar-refractivity contribution < 1.29 is 4.86 Å². The van der Waals surface area contributed by atoms with Crippen LogP contribution in [0, 0.1) is 5.21 Å². The lowest BCUT2D eigenvalue weighted by atomic mass is 10.1. The minimum Gasteiger partial charge on any atom is -0.594 e. The molecule has 3 nitrogen and oxygen atoms in total. The highest BCUT2D eigenvalue weighted by atomic mass is 79.9. The van der Waals surface area contributed by atoms with Gasteiger partial charge in [-0.05, 0) is 36.3 Å². The van der Waals surface area contributed by atoms with Crippen molar-refractivity contribution in [1.82, 2.24) is 0 Å². The third kappa shape index (κ3) is 7.54. The number of unbranched alkanes of at least 4 members (excludes halogenated alkanes) is 3. The van der Waals surface area contributed by atoms with Crippen LogP contribution in [-0.4, -0.2) is 10.9 Å². The molecule has 0 rings (SSSR count). The van der Waals surface area contributed by atoms with Crippen LogP contribution >= 0.6 is 15.9 Å². The van der Waals surface area contributed by atoms with Crippen LogP contribution in [-0.2, 0) is 0 Å². The van der Waals surface area contributed by atoms with Gasteiger partial charge in [0, 0.05) is 15.9 Å². The molecule has 88 valence electrons. The van der Waals surface area contributed by atoms with Crippen LogP contribution in [0.15, 0.2) is 15.8 Å². The lowest BCUT2D eigenvalue weighted by Crippen LogP contribution is -2.04. The predicted octanol–water partition coefficient (Wildman–Crippen LogP) is 4.56. The predicted molar refractivity (Wildman–Crippen MR) is 67.0 cm³/mol. The van der Waals surface area contributed by atoms with Gasteiger partial charge in [0.2, 0.25) is 0 Å². The minimum absolute atomic E-state index is 0.104. The van der Waals surface area contributed by atoms with Crippen molar-refractivity contribution in [1.29, 1.82) is 0 Å². The summed E-state index contributed by atoms with van der Waals surface area (Å²) in [6.07, 6.45) is 7.58. The largest absolute Gasteiger partial charge is 0.594 e. The molecule has 4 heteroatoms. The van der Waals surface area contributed by atoms with E-state index in [-0.39, 0.29) is 6.04 Å². The Morgan fingerprint density at radius 3 is 2.67 bits per heavy atom. The van der Waals surface area contributed by atoms with Crippen LogP contribution in [0.25, 0.3) is 0 Å². The normalized spacial score (nSPS) is 15.5. The van der Waals surface area contributed by atoms with E-state index >= 15 is 0 Å². The number of hydrogen-bond donors (Lipinski definition) is 0. The summed E-state index contributed by atoms with van der Waals surface area (Å²) in [5, 5.41) is 15.3. The molecule has 0 aliphatic carbocycles. The summed E-state index contributed by atoms with van der Waals surface area (Å²) in [7, 11) is 0. The first-order valence-electron chi connectivity index (χ1n) is 5.61. The van der Waals surface area contributed by atoms with Crippen LogP contribution < -0.4 is 0 Å². The molecule has 0 spiro atoms. The summed E-state index contributed by atoms with van der Waals surface area (Å²) in [4.78, 5) is 0.657. The zero-order valence-corrected chi connectivity index (χ0v) is 11.5. The Hall–Kier alpha value is -0.380. The van der Waals surface area contributed by atoms with E-state index in [0.717, 1.165) is 12.8 Å². The van der Waals surface area contributed by atoms with Gasteiger partial charge in [-0.3, -0.25) is 0 Å². The summed E-state index contributed by atoms with van der Waals surface area (Å²) in [5.74, 6) is 0. The zero-order valence-electron chi connectivity index (χ0n) is 9.87. The summed E-state index contributed by atoms with van der Waals surface area (Å²) in [6.45, 7) is 5.97. The van der Waals surface area contributed by atoms with E-state index < -0.39 is 0 Å². The van der Waals surface area contributed by atoms with Crippen LogP contribution in [0.4, 0.5) is 0 Å². The maximum atomic E-state index is 11.3. The van der Waals surface area contributed by atoms with E-state index in [2.05, 4.69) is 28.0 Å². The van der Waals surface area contributed by atoms with E-state index in [4.69, 9.17) is 0 Å². The van der Waals surface area contributed by atoms with Crippen molar-refractivity contribution in [3.8, 4) is 0 Å². The third-order valence-corrected chi connectivity index (χ3v) is 2.96. The van der Waals surface area contributed by atoms with Crippen LogP contribution in [0.2, 0.25) is 0 Å². The average molecular weight is 277 g/mol. The number of azo groups is 1. The average Bonchev–Trinajstić information content (AvgIpc) is 2.23. The summed E-state index contributed by atoms with van der Waals surface area (Å²) >= 11 is 3.14. The second-order valence-corrected chi connectivity index (χ2v) is 4.51. The highest BCUT2D eigenvalue weighted by molar-refractivity contribution is 9.11. The molecule has 0 heterocycles. The molecule has 1 atom stereocenters. The molecule has 0 N–H and O–H groups in total. The SMILES string of the molecule is C/C=C(\Br)[N+]([O-])=NC(C)CCCCCC. The van der Waals surface area contributed by atoms with E-state index in [9.17, 15) is 5.21 Å². The molecule has 0 bridgehead atoms. The molecule has 0 fully saturated rings. The summed E-state index contributed by atoms with van der Waals surface area (Å²) < 4.78 is 0.475. The van der Waals surface area contributed by atoms with Gasteiger partial charge in [0.25, 0.3) is 4.61 Å². The first-order valence-corrected chi connectivity index (χ1v) is 6.41. The maximum absolute atomic E-state index is 11.3. The fourth-order valence-corrected chi connectivity index (χ4v) is 1.36. The summed E-state index contributed by atoms with van der Waals surface area (Å²) in [5.41, 5.74) is 0.